The van der Waals surface area contributed by atoms with Crippen molar-refractivity contribution in [3.05, 3.63) is 40.4 Å². The van der Waals surface area contributed by atoms with Crippen LogP contribution in [0, 0.1) is 0 Å². The molecule has 0 radical (unpaired) electrons. The minimum atomic E-state index is -0.518. The van der Waals surface area contributed by atoms with Crippen molar-refractivity contribution in [3.8, 4) is 5.75 Å². The highest BCUT2D eigenvalue weighted by Crippen LogP contribution is 2.25. The van der Waals surface area contributed by atoms with Crippen molar-refractivity contribution in [1.29, 1.82) is 0 Å². The highest BCUT2D eigenvalue weighted by atomic mass is 35.5. The minimum absolute atomic E-state index is 0.0324. The molecule has 1 N–H and O–H groups in total. The first kappa shape index (κ1) is 14.1. The molecule has 3 nitrogen and oxygen atoms in total. The summed E-state index contributed by atoms with van der Waals surface area (Å²) in [5.41, 5.74) is 1.10. The zero-order chi connectivity index (χ0) is 13.5. The fourth-order valence-electron chi connectivity index (χ4n) is 1.59. The number of nitrogens with one attached hydrogen (secondary N) is 1. The third-order valence-electron chi connectivity index (χ3n) is 2.45. The molecule has 0 saturated carbocycles. The van der Waals surface area contributed by atoms with Gasteiger partial charge in [0.1, 0.15) is 19.0 Å². The van der Waals surface area contributed by atoms with Gasteiger partial charge in [-0.05, 0) is 24.1 Å². The summed E-state index contributed by atoms with van der Waals surface area (Å²) in [6.07, 6.45) is 2.60. The zero-order valence-electron chi connectivity index (χ0n) is 10.2. The van der Waals surface area contributed by atoms with Crippen LogP contribution in [0.4, 0.5) is 9.52 Å². The minimum Gasteiger partial charge on any atom is -0.489 e. The van der Waals surface area contributed by atoms with Crippen LogP contribution in [0.15, 0.2) is 29.8 Å². The third-order valence-corrected chi connectivity index (χ3v) is 3.48. The van der Waals surface area contributed by atoms with E-state index >= 15 is 0 Å². The Balaban J connectivity index is 1.85. The fraction of sp³-hybridized carbons (Fsp3) is 0.308. The van der Waals surface area contributed by atoms with Crippen molar-refractivity contribution >= 4 is 28.1 Å². The molecule has 0 bridgehead atoms. The molecule has 2 aromatic rings. The molecule has 0 aliphatic rings. The lowest BCUT2D eigenvalue weighted by molar-refractivity contribution is 0.273. The summed E-state index contributed by atoms with van der Waals surface area (Å²) < 4.78 is 17.2. The number of rotatable bonds is 7. The fourth-order valence-corrected chi connectivity index (χ4v) is 2.41. The molecule has 0 fully saturated rings. The topological polar surface area (TPSA) is 34.1 Å². The van der Waals surface area contributed by atoms with Crippen molar-refractivity contribution in [2.75, 3.05) is 25.1 Å². The van der Waals surface area contributed by atoms with Gasteiger partial charge in [0.2, 0.25) is 0 Å². The Hall–Kier alpha value is -1.33. The van der Waals surface area contributed by atoms with Gasteiger partial charge in [0.25, 0.3) is 0 Å². The summed E-state index contributed by atoms with van der Waals surface area (Å²) in [5.74, 6) is 0.524. The van der Waals surface area contributed by atoms with E-state index in [1.54, 1.807) is 23.6 Å². The summed E-state index contributed by atoms with van der Waals surface area (Å²) in [4.78, 5) is 4.14. The molecule has 2 rings (SSSR count). The van der Waals surface area contributed by atoms with Crippen LogP contribution in [0.1, 0.15) is 5.56 Å². The van der Waals surface area contributed by atoms with Crippen LogP contribution in [-0.2, 0) is 6.42 Å². The number of halogens is 2. The van der Waals surface area contributed by atoms with Crippen molar-refractivity contribution in [3.63, 3.8) is 0 Å². The molecule has 0 unspecified atom stereocenters. The molecule has 0 atom stereocenters. The molecule has 1 heterocycles. The van der Waals surface area contributed by atoms with E-state index in [9.17, 15) is 4.39 Å². The van der Waals surface area contributed by atoms with Gasteiger partial charge in [-0.25, -0.2) is 9.37 Å². The van der Waals surface area contributed by atoms with Crippen LogP contribution in [0.25, 0.3) is 0 Å². The molecule has 0 aliphatic heterocycles. The second kappa shape index (κ2) is 7.31. The second-order valence-corrected chi connectivity index (χ2v) is 5.12. The highest BCUT2D eigenvalue weighted by molar-refractivity contribution is 7.13. The van der Waals surface area contributed by atoms with Gasteiger partial charge < -0.3 is 10.1 Å². The van der Waals surface area contributed by atoms with E-state index in [0.29, 0.717) is 10.8 Å². The SMILES string of the molecule is FCCOc1ccc(CCNc2nccs2)cc1Cl. The number of benzene rings is 1. The zero-order valence-corrected chi connectivity index (χ0v) is 11.8. The van der Waals surface area contributed by atoms with Crippen LogP contribution in [0.5, 0.6) is 5.75 Å². The first-order valence-corrected chi connectivity index (χ1v) is 7.16. The lowest BCUT2D eigenvalue weighted by Gasteiger charge is -2.08. The maximum Gasteiger partial charge on any atom is 0.182 e. The number of thiazole rings is 1. The van der Waals surface area contributed by atoms with E-state index in [0.717, 1.165) is 23.7 Å². The molecule has 6 heteroatoms. The van der Waals surface area contributed by atoms with Gasteiger partial charge in [-0.15, -0.1) is 11.3 Å². The van der Waals surface area contributed by atoms with Crippen LogP contribution < -0.4 is 10.1 Å². The molecular weight excluding hydrogens is 287 g/mol. The molecule has 1 aromatic heterocycles. The van der Waals surface area contributed by atoms with E-state index < -0.39 is 6.67 Å². The number of aromatic nitrogens is 1. The number of anilines is 1. The van der Waals surface area contributed by atoms with Gasteiger partial charge >= 0.3 is 0 Å². The quantitative estimate of drug-likeness (QED) is 0.844. The first-order valence-electron chi connectivity index (χ1n) is 5.90. The number of nitrogens with zero attached hydrogens (tertiary/aromatic N) is 1. The lowest BCUT2D eigenvalue weighted by Crippen LogP contribution is -2.05. The van der Waals surface area contributed by atoms with E-state index in [1.807, 2.05) is 17.5 Å². The standard InChI is InChI=1S/C13H14ClFN2OS/c14-11-9-10(1-2-12(11)18-7-4-15)3-5-16-13-17-6-8-19-13/h1-2,6,8-9H,3-5,7H2,(H,16,17). The van der Waals surface area contributed by atoms with Gasteiger partial charge in [-0.2, -0.15) is 0 Å². The second-order valence-electron chi connectivity index (χ2n) is 3.82. The third kappa shape index (κ3) is 4.36. The number of hydrogen-bond donors (Lipinski definition) is 1. The number of hydrogen-bond acceptors (Lipinski definition) is 4. The molecule has 1 aromatic carbocycles. The smallest absolute Gasteiger partial charge is 0.182 e. The van der Waals surface area contributed by atoms with Crippen molar-refractivity contribution in [2.24, 2.45) is 0 Å². The Morgan fingerprint density at radius 3 is 3.00 bits per heavy atom. The van der Waals surface area contributed by atoms with E-state index in [4.69, 9.17) is 16.3 Å². The van der Waals surface area contributed by atoms with Gasteiger partial charge in [0.05, 0.1) is 5.02 Å². The Bertz CT molecular complexity index is 507. The van der Waals surface area contributed by atoms with Crippen molar-refractivity contribution in [1.82, 2.24) is 4.98 Å². The van der Waals surface area contributed by atoms with Gasteiger partial charge in [-0.3, -0.25) is 0 Å². The highest BCUT2D eigenvalue weighted by Gasteiger charge is 2.03. The average Bonchev–Trinajstić information content (AvgIpc) is 2.91. The molecule has 0 spiro atoms. The predicted molar refractivity (Wildman–Crippen MR) is 77.2 cm³/mol. The maximum absolute atomic E-state index is 12.0. The van der Waals surface area contributed by atoms with Gasteiger partial charge in [-0.1, -0.05) is 17.7 Å². The largest absolute Gasteiger partial charge is 0.489 e. The van der Waals surface area contributed by atoms with E-state index in [-0.39, 0.29) is 6.61 Å². The molecule has 0 aliphatic carbocycles. The van der Waals surface area contributed by atoms with Crippen LogP contribution in [0.2, 0.25) is 5.02 Å². The number of ether oxygens (including phenoxy) is 1. The lowest BCUT2D eigenvalue weighted by atomic mass is 10.1. The maximum atomic E-state index is 12.0. The van der Waals surface area contributed by atoms with Crippen LogP contribution in [0.3, 0.4) is 0 Å². The van der Waals surface area contributed by atoms with Crippen LogP contribution in [-0.4, -0.2) is 24.8 Å². The van der Waals surface area contributed by atoms with Crippen molar-refractivity contribution < 1.29 is 9.13 Å². The Kier molecular flexibility index (Phi) is 5.42. The normalized spacial score (nSPS) is 10.4. The monoisotopic (exact) mass is 300 g/mol. The molecule has 19 heavy (non-hydrogen) atoms. The number of alkyl halides is 1. The van der Waals surface area contributed by atoms with Crippen LogP contribution >= 0.6 is 22.9 Å². The van der Waals surface area contributed by atoms with E-state index in [2.05, 4.69) is 10.3 Å². The summed E-state index contributed by atoms with van der Waals surface area (Å²) in [5, 5.41) is 6.58. The van der Waals surface area contributed by atoms with Gasteiger partial charge in [0, 0.05) is 18.1 Å². The average molecular weight is 301 g/mol. The molecule has 0 amide bonds. The van der Waals surface area contributed by atoms with Crippen molar-refractivity contribution in [2.45, 2.75) is 6.42 Å². The Morgan fingerprint density at radius 2 is 2.32 bits per heavy atom. The molecular formula is C13H14ClFN2OS. The van der Waals surface area contributed by atoms with Gasteiger partial charge in [0.15, 0.2) is 5.13 Å². The summed E-state index contributed by atoms with van der Waals surface area (Å²) in [6, 6.07) is 5.55. The summed E-state index contributed by atoms with van der Waals surface area (Å²) >= 11 is 7.63. The Labute approximate surface area is 120 Å². The first-order chi connectivity index (χ1) is 9.29. The predicted octanol–water partition coefficient (Wildman–Crippen LogP) is 3.80. The molecule has 102 valence electrons. The Morgan fingerprint density at radius 1 is 1.42 bits per heavy atom. The van der Waals surface area contributed by atoms with E-state index in [1.165, 1.54) is 0 Å². The summed E-state index contributed by atoms with van der Waals surface area (Å²) in [7, 11) is 0. The molecule has 0 saturated heterocycles. The summed E-state index contributed by atoms with van der Waals surface area (Å²) in [6.45, 7) is 0.301.